The lowest BCUT2D eigenvalue weighted by Crippen LogP contribution is -2.09. The fourth-order valence-electron chi connectivity index (χ4n) is 0.827. The first-order chi connectivity index (χ1) is 6.10. The highest BCUT2D eigenvalue weighted by atomic mass is 31.2. The SMILES string of the molecule is CC=CC(O)P(=O)(OCC)OCC. The molecular formula is C8H17O4P. The lowest BCUT2D eigenvalue weighted by atomic mass is 10.6. The third-order valence-electron chi connectivity index (χ3n) is 1.31. The molecule has 0 aliphatic rings. The molecular weight excluding hydrogens is 191 g/mol. The minimum absolute atomic E-state index is 0.256. The Morgan fingerprint density at radius 3 is 2.15 bits per heavy atom. The smallest absolute Gasteiger partial charge is 0.362 e. The summed E-state index contributed by atoms with van der Waals surface area (Å²) in [6.07, 6.45) is 3.00. The summed E-state index contributed by atoms with van der Waals surface area (Å²) in [7, 11) is -3.36. The Balaban J connectivity index is 4.46. The Hall–Kier alpha value is -0.150. The van der Waals surface area contributed by atoms with Crippen LogP contribution in [0, 0.1) is 0 Å². The molecule has 78 valence electrons. The van der Waals surface area contributed by atoms with Crippen molar-refractivity contribution in [1.29, 1.82) is 0 Å². The number of rotatable bonds is 6. The van der Waals surface area contributed by atoms with Crippen LogP contribution >= 0.6 is 7.60 Å². The highest BCUT2D eigenvalue weighted by Gasteiger charge is 2.31. The van der Waals surface area contributed by atoms with Crippen LogP contribution in [0.25, 0.3) is 0 Å². The first-order valence-corrected chi connectivity index (χ1v) is 5.91. The van der Waals surface area contributed by atoms with Gasteiger partial charge in [-0.1, -0.05) is 6.08 Å². The molecule has 0 saturated carbocycles. The zero-order valence-electron chi connectivity index (χ0n) is 8.27. The summed E-state index contributed by atoms with van der Waals surface area (Å²) in [4.78, 5) is 0. The second kappa shape index (κ2) is 6.33. The summed E-state index contributed by atoms with van der Waals surface area (Å²) < 4.78 is 21.6. The number of hydrogen-bond donors (Lipinski definition) is 1. The van der Waals surface area contributed by atoms with Crippen LogP contribution in [0.5, 0.6) is 0 Å². The number of aliphatic hydroxyl groups is 1. The third-order valence-corrected chi connectivity index (χ3v) is 3.36. The summed E-state index contributed by atoms with van der Waals surface area (Å²) in [6, 6.07) is 0. The minimum Gasteiger partial charge on any atom is -0.377 e. The van der Waals surface area contributed by atoms with Crippen LogP contribution in [0.2, 0.25) is 0 Å². The van der Waals surface area contributed by atoms with Crippen molar-refractivity contribution in [3.05, 3.63) is 12.2 Å². The summed E-state index contributed by atoms with van der Waals surface area (Å²) in [6.45, 7) is 5.64. The van der Waals surface area contributed by atoms with Gasteiger partial charge in [-0.2, -0.15) is 0 Å². The summed E-state index contributed by atoms with van der Waals surface area (Å²) in [5.41, 5.74) is 0. The van der Waals surface area contributed by atoms with Gasteiger partial charge in [-0.25, -0.2) is 0 Å². The van der Waals surface area contributed by atoms with E-state index < -0.39 is 13.4 Å². The number of allylic oxidation sites excluding steroid dienone is 1. The van der Waals surface area contributed by atoms with Crippen LogP contribution in [0.4, 0.5) is 0 Å². The summed E-state index contributed by atoms with van der Waals surface area (Å²) in [5, 5.41) is 9.43. The van der Waals surface area contributed by atoms with Crippen LogP contribution in [-0.2, 0) is 13.6 Å². The van der Waals surface area contributed by atoms with Crippen molar-refractivity contribution in [1.82, 2.24) is 0 Å². The summed E-state index contributed by atoms with van der Waals surface area (Å²) in [5.74, 6) is -1.17. The predicted octanol–water partition coefficient (Wildman–Crippen LogP) is 2.15. The van der Waals surface area contributed by atoms with Crippen LogP contribution in [0.3, 0.4) is 0 Å². The van der Waals surface area contributed by atoms with Gasteiger partial charge in [-0.05, 0) is 26.8 Å². The van der Waals surface area contributed by atoms with Gasteiger partial charge in [0.1, 0.15) is 0 Å². The van der Waals surface area contributed by atoms with Crippen molar-refractivity contribution in [3.8, 4) is 0 Å². The Kier molecular flexibility index (Phi) is 6.25. The standard InChI is InChI=1S/C8H17O4P/c1-4-7-8(9)13(10,11-5-2)12-6-3/h4,7-9H,5-6H2,1-3H3. The molecule has 0 aliphatic carbocycles. The van der Waals surface area contributed by atoms with Gasteiger partial charge in [0, 0.05) is 0 Å². The molecule has 0 bridgehead atoms. The maximum Gasteiger partial charge on any atom is 0.362 e. The third kappa shape index (κ3) is 4.05. The molecule has 0 spiro atoms. The lowest BCUT2D eigenvalue weighted by Gasteiger charge is -2.19. The van der Waals surface area contributed by atoms with Crippen molar-refractivity contribution < 1.29 is 18.7 Å². The van der Waals surface area contributed by atoms with E-state index in [0.717, 1.165) is 0 Å². The van der Waals surface area contributed by atoms with Gasteiger partial charge in [0.05, 0.1) is 13.2 Å². The van der Waals surface area contributed by atoms with E-state index in [1.807, 2.05) is 0 Å². The molecule has 13 heavy (non-hydrogen) atoms. The van der Waals surface area contributed by atoms with Gasteiger partial charge >= 0.3 is 7.60 Å². The second-order valence-corrected chi connectivity index (χ2v) is 4.44. The first-order valence-electron chi connectivity index (χ1n) is 4.30. The molecule has 0 saturated heterocycles. The molecule has 1 N–H and O–H groups in total. The Morgan fingerprint density at radius 1 is 1.38 bits per heavy atom. The van der Waals surface area contributed by atoms with Crippen LogP contribution in [-0.4, -0.2) is 24.2 Å². The average Bonchev–Trinajstić information content (AvgIpc) is 2.05. The van der Waals surface area contributed by atoms with Crippen molar-refractivity contribution in [2.24, 2.45) is 0 Å². The molecule has 5 heteroatoms. The number of aliphatic hydroxyl groups excluding tert-OH is 1. The van der Waals surface area contributed by atoms with E-state index in [-0.39, 0.29) is 13.2 Å². The van der Waals surface area contributed by atoms with E-state index in [0.29, 0.717) is 0 Å². The van der Waals surface area contributed by atoms with Gasteiger partial charge in [0.15, 0.2) is 5.85 Å². The normalized spacial score (nSPS) is 15.1. The average molecular weight is 208 g/mol. The Bertz CT molecular complexity index is 192. The zero-order chi connectivity index (χ0) is 10.3. The highest BCUT2D eigenvalue weighted by Crippen LogP contribution is 2.52. The van der Waals surface area contributed by atoms with Gasteiger partial charge in [0.25, 0.3) is 0 Å². The molecule has 1 atom stereocenters. The van der Waals surface area contributed by atoms with Gasteiger partial charge in [-0.3, -0.25) is 4.57 Å². The van der Waals surface area contributed by atoms with Gasteiger partial charge < -0.3 is 14.2 Å². The first kappa shape index (κ1) is 12.8. The quantitative estimate of drug-likeness (QED) is 0.536. The van der Waals surface area contributed by atoms with Crippen LogP contribution in [0.1, 0.15) is 20.8 Å². The lowest BCUT2D eigenvalue weighted by molar-refractivity contribution is 0.168. The monoisotopic (exact) mass is 208 g/mol. The molecule has 4 nitrogen and oxygen atoms in total. The maximum atomic E-state index is 11.8. The van der Waals surface area contributed by atoms with Crippen molar-refractivity contribution >= 4 is 7.60 Å². The molecule has 0 rings (SSSR count). The molecule has 0 aliphatic heterocycles. The van der Waals surface area contributed by atoms with Crippen LogP contribution < -0.4 is 0 Å². The Morgan fingerprint density at radius 2 is 1.85 bits per heavy atom. The fourth-order valence-corrected chi connectivity index (χ4v) is 2.31. The fraction of sp³-hybridized carbons (Fsp3) is 0.750. The topological polar surface area (TPSA) is 55.8 Å². The molecule has 0 radical (unpaired) electrons. The molecule has 0 aromatic heterocycles. The number of hydrogen-bond acceptors (Lipinski definition) is 4. The minimum atomic E-state index is -3.36. The molecule has 0 aromatic rings. The predicted molar refractivity (Wildman–Crippen MR) is 51.7 cm³/mol. The van der Waals surface area contributed by atoms with E-state index >= 15 is 0 Å². The van der Waals surface area contributed by atoms with Gasteiger partial charge in [-0.15, -0.1) is 0 Å². The van der Waals surface area contributed by atoms with Crippen molar-refractivity contribution in [2.45, 2.75) is 26.6 Å². The molecule has 0 amide bonds. The zero-order valence-corrected chi connectivity index (χ0v) is 9.16. The van der Waals surface area contributed by atoms with Gasteiger partial charge in [0.2, 0.25) is 0 Å². The van der Waals surface area contributed by atoms with E-state index in [9.17, 15) is 9.67 Å². The van der Waals surface area contributed by atoms with Crippen molar-refractivity contribution in [3.63, 3.8) is 0 Å². The molecule has 0 heterocycles. The highest BCUT2D eigenvalue weighted by molar-refractivity contribution is 7.54. The molecule has 0 aromatic carbocycles. The maximum absolute atomic E-state index is 11.8. The molecule has 1 unspecified atom stereocenters. The van der Waals surface area contributed by atoms with Crippen LogP contribution in [0.15, 0.2) is 12.2 Å². The molecule has 0 fully saturated rings. The Labute approximate surface area is 79.1 Å². The van der Waals surface area contributed by atoms with E-state index in [4.69, 9.17) is 9.05 Å². The van der Waals surface area contributed by atoms with E-state index in [1.54, 1.807) is 26.8 Å². The van der Waals surface area contributed by atoms with E-state index in [1.165, 1.54) is 6.08 Å². The van der Waals surface area contributed by atoms with Crippen molar-refractivity contribution in [2.75, 3.05) is 13.2 Å². The largest absolute Gasteiger partial charge is 0.377 e. The summed E-state index contributed by atoms with van der Waals surface area (Å²) >= 11 is 0. The second-order valence-electron chi connectivity index (χ2n) is 2.31. The van der Waals surface area contributed by atoms with E-state index in [2.05, 4.69) is 0 Å².